The fourth-order valence-corrected chi connectivity index (χ4v) is 4.89. The predicted octanol–water partition coefficient (Wildman–Crippen LogP) is 7.26. The lowest BCUT2D eigenvalue weighted by Crippen LogP contribution is -2.26. The third kappa shape index (κ3) is 6.66. The first-order chi connectivity index (χ1) is 19.7. The summed E-state index contributed by atoms with van der Waals surface area (Å²) in [5.74, 6) is 0.261. The quantitative estimate of drug-likeness (QED) is 0.225. The molecule has 5 nitrogen and oxygen atoms in total. The molecule has 1 aliphatic heterocycles. The van der Waals surface area contributed by atoms with Gasteiger partial charge in [0, 0.05) is 30.3 Å². The Hall–Kier alpha value is -4.43. The molecule has 0 aromatic heterocycles. The van der Waals surface area contributed by atoms with E-state index in [0.29, 0.717) is 24.5 Å². The van der Waals surface area contributed by atoms with Crippen LogP contribution >= 0.6 is 0 Å². The molecule has 1 unspecified atom stereocenters. The van der Waals surface area contributed by atoms with Crippen molar-refractivity contribution in [3.05, 3.63) is 119 Å². The molecule has 8 heteroatoms. The van der Waals surface area contributed by atoms with Gasteiger partial charge in [0.15, 0.2) is 6.10 Å². The van der Waals surface area contributed by atoms with E-state index in [1.165, 1.54) is 48.0 Å². The van der Waals surface area contributed by atoms with E-state index >= 15 is 0 Å². The molecule has 0 bridgehead atoms. The molecule has 0 amide bonds. The fourth-order valence-electron chi connectivity index (χ4n) is 4.89. The molecule has 0 saturated heterocycles. The molecule has 2 N–H and O–H groups in total. The summed E-state index contributed by atoms with van der Waals surface area (Å²) in [5.41, 5.74) is 0.922. The highest BCUT2D eigenvalue weighted by Gasteiger charge is 2.44. The highest BCUT2D eigenvalue weighted by molar-refractivity contribution is 5.98. The Labute approximate surface area is 236 Å². The van der Waals surface area contributed by atoms with Gasteiger partial charge in [-0.2, -0.15) is 13.2 Å². The van der Waals surface area contributed by atoms with Crippen molar-refractivity contribution >= 4 is 11.1 Å². The van der Waals surface area contributed by atoms with Gasteiger partial charge in [-0.05, 0) is 66.6 Å². The molecule has 0 aliphatic carbocycles. The zero-order valence-corrected chi connectivity index (χ0v) is 22.4. The van der Waals surface area contributed by atoms with Crippen LogP contribution in [-0.4, -0.2) is 48.0 Å². The lowest BCUT2D eigenvalue weighted by Gasteiger charge is -2.33. The van der Waals surface area contributed by atoms with E-state index in [1.54, 1.807) is 24.3 Å². The topological polar surface area (TPSA) is 62.2 Å². The highest BCUT2D eigenvalue weighted by atomic mass is 19.4. The van der Waals surface area contributed by atoms with Crippen LogP contribution in [0, 0.1) is 0 Å². The molecule has 0 saturated carbocycles. The first kappa shape index (κ1) is 28.1. The number of phenols is 2. The van der Waals surface area contributed by atoms with Crippen LogP contribution in [0.2, 0.25) is 0 Å². The maximum Gasteiger partial charge on any atom is 0.417 e. The minimum atomic E-state index is -4.71. The highest BCUT2D eigenvalue weighted by Crippen LogP contribution is 2.53. The first-order valence-electron chi connectivity index (χ1n) is 13.2. The molecular weight excluding hydrogens is 531 g/mol. The summed E-state index contributed by atoms with van der Waals surface area (Å²) in [5, 5.41) is 19.7. The summed E-state index contributed by atoms with van der Waals surface area (Å²) in [6, 6.07) is 26.2. The van der Waals surface area contributed by atoms with Crippen LogP contribution < -0.4 is 9.47 Å². The monoisotopic (exact) mass is 561 g/mol. The van der Waals surface area contributed by atoms with E-state index in [4.69, 9.17) is 9.47 Å². The van der Waals surface area contributed by atoms with Crippen molar-refractivity contribution in [3.8, 4) is 23.0 Å². The van der Waals surface area contributed by atoms with Crippen LogP contribution in [0.15, 0.2) is 97.1 Å². The zero-order valence-electron chi connectivity index (χ0n) is 22.4. The van der Waals surface area contributed by atoms with Gasteiger partial charge in [0.1, 0.15) is 29.6 Å². The van der Waals surface area contributed by atoms with Gasteiger partial charge in [-0.3, -0.25) is 0 Å². The SMILES string of the molecule is CN(CCOc1ccc(C2Oc3cc(O)ccc3C(C(F)(F)F)=C2c2ccc(O)cc2)cc1)CCc1ccccc1. The van der Waals surface area contributed by atoms with E-state index < -0.39 is 17.9 Å². The first-order valence-corrected chi connectivity index (χ1v) is 13.2. The second kappa shape index (κ2) is 12.0. The number of rotatable bonds is 9. The third-order valence-corrected chi connectivity index (χ3v) is 7.02. The van der Waals surface area contributed by atoms with E-state index in [2.05, 4.69) is 17.0 Å². The standard InChI is InChI=1S/C33H30F3NO4/c1-37(18-17-22-5-3-2-4-6-22)19-20-40-27-14-9-24(10-15-27)32-30(23-7-11-25(38)12-8-23)31(33(34,35)36)28-16-13-26(39)21-29(28)41-32/h2-16,21,32,38-39H,17-20H2,1H3. The Morgan fingerprint density at radius 2 is 1.51 bits per heavy atom. The second-order valence-electron chi connectivity index (χ2n) is 9.97. The largest absolute Gasteiger partial charge is 0.508 e. The number of likely N-dealkylation sites (N-methyl/N-ethyl adjacent to an activating group) is 1. The van der Waals surface area contributed by atoms with Crippen LogP contribution in [-0.2, 0) is 6.42 Å². The molecule has 212 valence electrons. The molecule has 0 fully saturated rings. The summed E-state index contributed by atoms with van der Waals surface area (Å²) in [7, 11) is 2.03. The van der Waals surface area contributed by atoms with Crippen LogP contribution in [0.4, 0.5) is 13.2 Å². The Bertz CT molecular complexity index is 1500. The molecule has 0 spiro atoms. The van der Waals surface area contributed by atoms with Gasteiger partial charge in [0.2, 0.25) is 0 Å². The van der Waals surface area contributed by atoms with Gasteiger partial charge in [0.25, 0.3) is 0 Å². The van der Waals surface area contributed by atoms with Gasteiger partial charge in [-0.25, -0.2) is 0 Å². The summed E-state index contributed by atoms with van der Waals surface area (Å²) in [6.07, 6.45) is -4.90. The Balaban J connectivity index is 1.36. The third-order valence-electron chi connectivity index (χ3n) is 7.02. The number of hydrogen-bond donors (Lipinski definition) is 2. The van der Waals surface area contributed by atoms with E-state index in [9.17, 15) is 23.4 Å². The number of ether oxygens (including phenoxy) is 2. The number of phenolic OH excluding ortho intramolecular Hbond substituents is 2. The van der Waals surface area contributed by atoms with Gasteiger partial charge < -0.3 is 24.6 Å². The van der Waals surface area contributed by atoms with Gasteiger partial charge in [-0.15, -0.1) is 0 Å². The predicted molar refractivity (Wildman–Crippen MR) is 152 cm³/mol. The van der Waals surface area contributed by atoms with Gasteiger partial charge in [0.05, 0.1) is 5.57 Å². The minimum Gasteiger partial charge on any atom is -0.508 e. The maximum atomic E-state index is 14.6. The average Bonchev–Trinajstić information content (AvgIpc) is 2.96. The summed E-state index contributed by atoms with van der Waals surface area (Å²) in [4.78, 5) is 2.18. The lowest BCUT2D eigenvalue weighted by atomic mass is 9.85. The molecule has 41 heavy (non-hydrogen) atoms. The summed E-state index contributed by atoms with van der Waals surface area (Å²) < 4.78 is 55.8. The fraction of sp³-hybridized carbons (Fsp3) is 0.212. The van der Waals surface area contributed by atoms with E-state index in [0.717, 1.165) is 13.0 Å². The number of hydrogen-bond acceptors (Lipinski definition) is 5. The number of allylic oxidation sites excluding steroid dienone is 1. The van der Waals surface area contributed by atoms with Crippen molar-refractivity contribution < 1.29 is 32.9 Å². The van der Waals surface area contributed by atoms with Crippen LogP contribution in [0.1, 0.15) is 28.4 Å². The molecule has 4 aromatic rings. The summed E-state index contributed by atoms with van der Waals surface area (Å²) in [6.45, 7) is 2.05. The molecule has 1 atom stereocenters. The number of fused-ring (bicyclic) bond motifs is 1. The second-order valence-corrected chi connectivity index (χ2v) is 9.97. The average molecular weight is 562 g/mol. The van der Waals surface area contributed by atoms with Crippen LogP contribution in [0.25, 0.3) is 11.1 Å². The van der Waals surface area contributed by atoms with Crippen molar-refractivity contribution in [2.24, 2.45) is 0 Å². The number of nitrogens with zero attached hydrogens (tertiary/aromatic N) is 1. The Morgan fingerprint density at radius 1 is 0.829 bits per heavy atom. The molecular formula is C33H30F3NO4. The van der Waals surface area contributed by atoms with Crippen molar-refractivity contribution in [2.45, 2.75) is 18.7 Å². The van der Waals surface area contributed by atoms with E-state index in [-0.39, 0.29) is 33.9 Å². The number of halogens is 3. The zero-order chi connectivity index (χ0) is 29.0. The van der Waals surface area contributed by atoms with Gasteiger partial charge >= 0.3 is 6.18 Å². The normalized spacial score (nSPS) is 15.0. The van der Waals surface area contributed by atoms with Crippen molar-refractivity contribution in [1.82, 2.24) is 4.90 Å². The lowest BCUT2D eigenvalue weighted by molar-refractivity contribution is -0.0695. The summed E-state index contributed by atoms with van der Waals surface area (Å²) >= 11 is 0. The molecule has 0 radical (unpaired) electrons. The number of benzene rings is 4. The Kier molecular flexibility index (Phi) is 8.21. The van der Waals surface area contributed by atoms with Gasteiger partial charge in [-0.1, -0.05) is 54.6 Å². The van der Waals surface area contributed by atoms with Crippen molar-refractivity contribution in [3.63, 3.8) is 0 Å². The van der Waals surface area contributed by atoms with E-state index in [1.807, 2.05) is 25.2 Å². The van der Waals surface area contributed by atoms with Crippen LogP contribution in [0.3, 0.4) is 0 Å². The van der Waals surface area contributed by atoms with Crippen molar-refractivity contribution in [1.29, 1.82) is 0 Å². The molecule has 1 aliphatic rings. The molecule has 4 aromatic carbocycles. The number of alkyl halides is 3. The van der Waals surface area contributed by atoms with Crippen molar-refractivity contribution in [2.75, 3.05) is 26.7 Å². The molecule has 1 heterocycles. The number of aromatic hydroxyl groups is 2. The minimum absolute atomic E-state index is 0.0614. The smallest absolute Gasteiger partial charge is 0.417 e. The maximum absolute atomic E-state index is 14.6. The van der Waals surface area contributed by atoms with Crippen LogP contribution in [0.5, 0.6) is 23.0 Å². The molecule has 5 rings (SSSR count). The Morgan fingerprint density at radius 3 is 2.20 bits per heavy atom.